The van der Waals surface area contributed by atoms with E-state index in [0.717, 1.165) is 42.2 Å². The van der Waals surface area contributed by atoms with E-state index in [1.165, 1.54) is 11.5 Å². The van der Waals surface area contributed by atoms with Crippen LogP contribution in [0.1, 0.15) is 0 Å². The van der Waals surface area contributed by atoms with Gasteiger partial charge in [-0.25, -0.2) is 4.98 Å². The minimum absolute atomic E-state index is 0.324. The van der Waals surface area contributed by atoms with E-state index >= 15 is 0 Å². The van der Waals surface area contributed by atoms with Crippen LogP contribution in [0, 0.1) is 0 Å². The third kappa shape index (κ3) is 1.57. The number of fused-ring (bicyclic) bond motifs is 1. The monoisotopic (exact) mass is 236 g/mol. The highest BCUT2D eigenvalue weighted by Gasteiger charge is 2.17. The van der Waals surface area contributed by atoms with Gasteiger partial charge in [0.1, 0.15) is 5.82 Å². The molecule has 0 unspecified atom stereocenters. The quantitative estimate of drug-likeness (QED) is 0.730. The van der Waals surface area contributed by atoms with E-state index in [0.29, 0.717) is 5.95 Å². The lowest BCUT2D eigenvalue weighted by atomic mass is 10.3. The predicted molar refractivity (Wildman–Crippen MR) is 64.7 cm³/mol. The molecule has 3 rings (SSSR count). The summed E-state index contributed by atoms with van der Waals surface area (Å²) in [6.45, 7) is 3.84. The highest BCUT2D eigenvalue weighted by Crippen LogP contribution is 2.26. The maximum absolute atomic E-state index is 5.70. The van der Waals surface area contributed by atoms with Crippen molar-refractivity contribution in [3.8, 4) is 0 Å². The first kappa shape index (κ1) is 9.73. The number of nitrogens with one attached hydrogen (secondary N) is 1. The summed E-state index contributed by atoms with van der Waals surface area (Å²) < 4.78 is 4.14. The fourth-order valence-corrected chi connectivity index (χ4v) is 2.52. The normalized spacial score (nSPS) is 16.9. The van der Waals surface area contributed by atoms with Gasteiger partial charge in [-0.05, 0) is 11.5 Å². The number of hydrogen-bond acceptors (Lipinski definition) is 7. The summed E-state index contributed by atoms with van der Waals surface area (Å²) in [5, 5.41) is 4.31. The Balaban J connectivity index is 2.09. The largest absolute Gasteiger partial charge is 0.368 e. The molecule has 0 aliphatic carbocycles. The van der Waals surface area contributed by atoms with Crippen molar-refractivity contribution < 1.29 is 0 Å². The van der Waals surface area contributed by atoms with E-state index in [2.05, 4.69) is 24.6 Å². The molecule has 3 N–H and O–H groups in total. The van der Waals surface area contributed by atoms with E-state index in [9.17, 15) is 0 Å². The zero-order valence-corrected chi connectivity index (χ0v) is 9.50. The third-order valence-corrected chi connectivity index (χ3v) is 3.34. The Morgan fingerprint density at radius 3 is 2.94 bits per heavy atom. The Hall–Kier alpha value is -1.47. The van der Waals surface area contributed by atoms with Gasteiger partial charge in [0.2, 0.25) is 5.95 Å². The first-order chi connectivity index (χ1) is 7.84. The third-order valence-electron chi connectivity index (χ3n) is 2.65. The number of aromatic nitrogens is 3. The summed E-state index contributed by atoms with van der Waals surface area (Å²) in [7, 11) is 0. The molecule has 0 amide bonds. The van der Waals surface area contributed by atoms with Gasteiger partial charge in [-0.2, -0.15) is 9.36 Å². The van der Waals surface area contributed by atoms with E-state index in [1.54, 1.807) is 0 Å². The summed E-state index contributed by atoms with van der Waals surface area (Å²) in [6, 6.07) is 0. The van der Waals surface area contributed by atoms with Crippen LogP contribution in [0.5, 0.6) is 0 Å². The molecule has 0 bridgehead atoms. The zero-order valence-electron chi connectivity index (χ0n) is 8.68. The standard InChI is InChI=1S/C9H12N6S/c10-9-13-7(15-3-1-11-2-4-15)6-5-12-16-8(6)14-9/h5,11H,1-4H2,(H2,10,13,14). The fraction of sp³-hybridized carbons (Fsp3) is 0.444. The number of piperazine rings is 1. The molecule has 1 aliphatic heterocycles. The molecular formula is C9H12N6S. The predicted octanol–water partition coefficient (Wildman–Crippen LogP) is 0.0781. The van der Waals surface area contributed by atoms with Crippen molar-refractivity contribution in [2.24, 2.45) is 0 Å². The topological polar surface area (TPSA) is 80.0 Å². The number of nitrogens with two attached hydrogens (primary N) is 1. The van der Waals surface area contributed by atoms with Gasteiger partial charge in [-0.3, -0.25) is 0 Å². The summed E-state index contributed by atoms with van der Waals surface area (Å²) in [6.07, 6.45) is 1.82. The van der Waals surface area contributed by atoms with Crippen molar-refractivity contribution in [2.75, 3.05) is 36.8 Å². The molecule has 0 spiro atoms. The van der Waals surface area contributed by atoms with Crippen LogP contribution in [-0.2, 0) is 0 Å². The number of nitrogens with zero attached hydrogens (tertiary/aromatic N) is 4. The lowest BCUT2D eigenvalue weighted by Gasteiger charge is -2.28. The van der Waals surface area contributed by atoms with Crippen LogP contribution >= 0.6 is 11.5 Å². The molecule has 3 heterocycles. The van der Waals surface area contributed by atoms with Crippen molar-refractivity contribution in [2.45, 2.75) is 0 Å². The Morgan fingerprint density at radius 2 is 2.12 bits per heavy atom. The molecule has 0 aromatic carbocycles. The number of anilines is 2. The van der Waals surface area contributed by atoms with Crippen LogP contribution in [0.25, 0.3) is 10.2 Å². The maximum Gasteiger partial charge on any atom is 0.223 e. The van der Waals surface area contributed by atoms with Gasteiger partial charge < -0.3 is 16.0 Å². The van der Waals surface area contributed by atoms with E-state index in [1.807, 2.05) is 6.20 Å². The fourth-order valence-electron chi connectivity index (χ4n) is 1.88. The van der Waals surface area contributed by atoms with E-state index in [4.69, 9.17) is 5.73 Å². The van der Waals surface area contributed by atoms with Crippen LogP contribution < -0.4 is 16.0 Å². The molecule has 6 nitrogen and oxygen atoms in total. The van der Waals surface area contributed by atoms with Gasteiger partial charge in [-0.15, -0.1) is 0 Å². The molecule has 1 saturated heterocycles. The second-order valence-corrected chi connectivity index (χ2v) is 4.47. The van der Waals surface area contributed by atoms with Crippen LogP contribution in [0.15, 0.2) is 6.20 Å². The molecule has 0 radical (unpaired) electrons. The van der Waals surface area contributed by atoms with Crippen molar-refractivity contribution in [1.29, 1.82) is 0 Å². The smallest absolute Gasteiger partial charge is 0.223 e. The minimum Gasteiger partial charge on any atom is -0.368 e. The summed E-state index contributed by atoms with van der Waals surface area (Å²) in [5.41, 5.74) is 5.70. The molecule has 0 saturated carbocycles. The average Bonchev–Trinajstić information content (AvgIpc) is 2.77. The van der Waals surface area contributed by atoms with Gasteiger partial charge in [-0.1, -0.05) is 0 Å². The lowest BCUT2D eigenvalue weighted by molar-refractivity contribution is 0.586. The highest BCUT2D eigenvalue weighted by molar-refractivity contribution is 7.12. The van der Waals surface area contributed by atoms with Gasteiger partial charge in [0.05, 0.1) is 11.6 Å². The number of hydrogen-bond donors (Lipinski definition) is 2. The molecule has 7 heteroatoms. The summed E-state index contributed by atoms with van der Waals surface area (Å²) in [5.74, 6) is 1.24. The molecule has 16 heavy (non-hydrogen) atoms. The maximum atomic E-state index is 5.70. The van der Waals surface area contributed by atoms with Crippen LogP contribution in [0.4, 0.5) is 11.8 Å². The SMILES string of the molecule is Nc1nc(N2CCNCC2)c2cnsc2n1. The van der Waals surface area contributed by atoms with Crippen molar-refractivity contribution >= 4 is 33.5 Å². The Morgan fingerprint density at radius 1 is 1.31 bits per heavy atom. The molecule has 2 aromatic rings. The summed E-state index contributed by atoms with van der Waals surface area (Å²) in [4.78, 5) is 11.6. The Bertz CT molecular complexity index is 504. The van der Waals surface area contributed by atoms with Gasteiger partial charge in [0.15, 0.2) is 4.83 Å². The van der Waals surface area contributed by atoms with E-state index in [-0.39, 0.29) is 0 Å². The summed E-state index contributed by atoms with van der Waals surface area (Å²) >= 11 is 1.36. The molecule has 1 fully saturated rings. The minimum atomic E-state index is 0.324. The van der Waals surface area contributed by atoms with Gasteiger partial charge >= 0.3 is 0 Å². The van der Waals surface area contributed by atoms with E-state index < -0.39 is 0 Å². The number of rotatable bonds is 1. The first-order valence-corrected chi connectivity index (χ1v) is 5.95. The van der Waals surface area contributed by atoms with Crippen molar-refractivity contribution in [3.63, 3.8) is 0 Å². The molecule has 84 valence electrons. The Kier molecular flexibility index (Phi) is 2.33. The zero-order chi connectivity index (χ0) is 11.0. The molecule has 0 atom stereocenters. The van der Waals surface area contributed by atoms with Crippen LogP contribution in [0.2, 0.25) is 0 Å². The molecule has 2 aromatic heterocycles. The van der Waals surface area contributed by atoms with Crippen molar-refractivity contribution in [1.82, 2.24) is 19.7 Å². The average molecular weight is 236 g/mol. The van der Waals surface area contributed by atoms with Gasteiger partial charge in [0.25, 0.3) is 0 Å². The number of nitrogen functional groups attached to an aromatic ring is 1. The second-order valence-electron chi connectivity index (χ2n) is 3.69. The van der Waals surface area contributed by atoms with Crippen LogP contribution in [-0.4, -0.2) is 40.5 Å². The van der Waals surface area contributed by atoms with Crippen molar-refractivity contribution in [3.05, 3.63) is 6.20 Å². The first-order valence-electron chi connectivity index (χ1n) is 5.18. The highest BCUT2D eigenvalue weighted by atomic mass is 32.1. The van der Waals surface area contributed by atoms with Gasteiger partial charge in [0, 0.05) is 26.2 Å². The Labute approximate surface area is 96.7 Å². The molecule has 1 aliphatic rings. The second kappa shape index (κ2) is 3.84. The van der Waals surface area contributed by atoms with Crippen LogP contribution in [0.3, 0.4) is 0 Å². The lowest BCUT2D eigenvalue weighted by Crippen LogP contribution is -2.44. The molecular weight excluding hydrogens is 224 g/mol.